The van der Waals surface area contributed by atoms with Crippen LogP contribution in [0.25, 0.3) is 0 Å². The largest absolute Gasteiger partial charge is 0.489 e. The third kappa shape index (κ3) is 9.14. The molecule has 12 heteroatoms. The number of nitriles is 2. The van der Waals surface area contributed by atoms with Crippen LogP contribution in [0.5, 0.6) is 11.5 Å². The highest BCUT2D eigenvalue weighted by Crippen LogP contribution is 2.56. The van der Waals surface area contributed by atoms with Gasteiger partial charge in [-0.05, 0) is 45.0 Å². The fourth-order valence-electron chi connectivity index (χ4n) is 7.27. The molecular formula is C36H52Cl4N4O4. The van der Waals surface area contributed by atoms with Crippen LogP contribution in [0.15, 0.2) is 36.4 Å². The number of nitrogens with zero attached hydrogens (tertiary/aromatic N) is 2. The molecule has 268 valence electrons. The Hall–Kier alpha value is -2.59. The van der Waals surface area contributed by atoms with E-state index in [1.54, 1.807) is 36.4 Å². The minimum absolute atomic E-state index is 0. The SMILES string of the molecule is C.CC(C)(C)OC(=O)NC1C(C)(C)C(Oc2ccc(C#N)c(Cl)c2)C1(C)C.CC1(C)C(N)C(C)(C)C1Oc1ccc(C#N)c(Cl)c1.Cl.Cl. The van der Waals surface area contributed by atoms with Crippen molar-refractivity contribution >= 4 is 54.1 Å². The van der Waals surface area contributed by atoms with Gasteiger partial charge >= 0.3 is 6.09 Å². The number of benzene rings is 2. The molecule has 2 aliphatic rings. The van der Waals surface area contributed by atoms with Crippen LogP contribution in [0.2, 0.25) is 10.0 Å². The van der Waals surface area contributed by atoms with Crippen molar-refractivity contribution in [2.24, 2.45) is 27.4 Å². The Morgan fingerprint density at radius 2 is 1.12 bits per heavy atom. The standard InChI is InChI=1S/C20H27ClN2O3.C15H19ClN2O.CH4.2ClH/c1-18(2,3)26-17(24)23-15-19(4,5)16(20(15,6)7)25-13-9-8-12(11-22)14(21)10-13;1-14(2)12(18)15(3,4)13(14)19-10-6-5-9(8-17)11(16)7-10;;;/h8-10,15-16H,1-7H3,(H,23,24);5-7,12-13H,18H2,1-4H3;1H4;2*1H. The first-order chi connectivity index (χ1) is 20.5. The number of amides is 1. The normalized spacial score (nSPS) is 23.4. The molecule has 4 rings (SSSR count). The Kier molecular flexibility index (Phi) is 15.1. The van der Waals surface area contributed by atoms with Crippen LogP contribution >= 0.6 is 48.0 Å². The van der Waals surface area contributed by atoms with Gasteiger partial charge in [-0.1, -0.05) is 86.0 Å². The van der Waals surface area contributed by atoms with Gasteiger partial charge < -0.3 is 25.3 Å². The molecule has 0 aliphatic heterocycles. The van der Waals surface area contributed by atoms with Gasteiger partial charge in [0.15, 0.2) is 0 Å². The summed E-state index contributed by atoms with van der Waals surface area (Å²) in [5.41, 5.74) is 5.76. The van der Waals surface area contributed by atoms with Crippen molar-refractivity contribution < 1.29 is 19.0 Å². The number of ether oxygens (including phenoxy) is 3. The van der Waals surface area contributed by atoms with Gasteiger partial charge in [-0.25, -0.2) is 4.79 Å². The summed E-state index contributed by atoms with van der Waals surface area (Å²) in [6.45, 7) is 22.2. The second kappa shape index (κ2) is 16.0. The summed E-state index contributed by atoms with van der Waals surface area (Å²) in [5.74, 6) is 1.29. The predicted octanol–water partition coefficient (Wildman–Crippen LogP) is 9.75. The van der Waals surface area contributed by atoms with Crippen LogP contribution in [-0.4, -0.2) is 36.0 Å². The van der Waals surface area contributed by atoms with Crippen LogP contribution in [0, 0.1) is 44.3 Å². The Morgan fingerprint density at radius 1 is 0.771 bits per heavy atom. The number of nitrogens with one attached hydrogen (secondary N) is 1. The van der Waals surface area contributed by atoms with Crippen molar-refractivity contribution in [3.05, 3.63) is 57.6 Å². The van der Waals surface area contributed by atoms with E-state index in [0.29, 0.717) is 32.7 Å². The average Bonchev–Trinajstić information content (AvgIpc) is 2.92. The molecule has 8 nitrogen and oxygen atoms in total. The summed E-state index contributed by atoms with van der Waals surface area (Å²) in [7, 11) is 0. The number of carbonyl (C=O) groups excluding carboxylic acids is 1. The first kappa shape index (κ1) is 45.4. The Morgan fingerprint density at radius 3 is 1.44 bits per heavy atom. The Balaban J connectivity index is 0.000000901. The highest BCUT2D eigenvalue weighted by Gasteiger charge is 2.64. The van der Waals surface area contributed by atoms with Crippen molar-refractivity contribution in [1.82, 2.24) is 5.32 Å². The molecule has 1 amide bonds. The molecule has 2 aromatic rings. The first-order valence-corrected chi connectivity index (χ1v) is 15.7. The first-order valence-electron chi connectivity index (χ1n) is 15.0. The van der Waals surface area contributed by atoms with E-state index in [0.717, 1.165) is 0 Å². The smallest absolute Gasteiger partial charge is 0.407 e. The van der Waals surface area contributed by atoms with E-state index in [9.17, 15) is 4.79 Å². The molecule has 0 atom stereocenters. The third-order valence-corrected chi connectivity index (χ3v) is 9.71. The van der Waals surface area contributed by atoms with Crippen LogP contribution in [0.3, 0.4) is 0 Å². The second-order valence-corrected chi connectivity index (χ2v) is 16.2. The van der Waals surface area contributed by atoms with Gasteiger partial charge in [-0.3, -0.25) is 0 Å². The molecule has 0 spiro atoms. The van der Waals surface area contributed by atoms with E-state index in [4.69, 9.17) is 53.7 Å². The zero-order valence-electron chi connectivity index (χ0n) is 29.0. The molecular weight excluding hydrogens is 694 g/mol. The molecule has 0 radical (unpaired) electrons. The summed E-state index contributed by atoms with van der Waals surface area (Å²) >= 11 is 12.1. The number of nitrogens with two attached hydrogens (primary N) is 1. The van der Waals surface area contributed by atoms with Crippen LogP contribution in [0.1, 0.15) is 94.7 Å². The highest BCUT2D eigenvalue weighted by molar-refractivity contribution is 6.32. The Labute approximate surface area is 309 Å². The predicted molar refractivity (Wildman–Crippen MR) is 199 cm³/mol. The lowest BCUT2D eigenvalue weighted by Crippen LogP contribution is -2.74. The zero-order valence-corrected chi connectivity index (χ0v) is 32.1. The number of carbonyl (C=O) groups is 1. The maximum atomic E-state index is 12.2. The number of halogens is 4. The van der Waals surface area contributed by atoms with Crippen molar-refractivity contribution in [2.45, 2.75) is 113 Å². The van der Waals surface area contributed by atoms with Gasteiger partial charge in [-0.2, -0.15) is 10.5 Å². The van der Waals surface area contributed by atoms with Gasteiger partial charge in [0.05, 0.1) is 21.2 Å². The molecule has 0 bridgehead atoms. The molecule has 0 saturated heterocycles. The third-order valence-electron chi connectivity index (χ3n) is 9.09. The maximum absolute atomic E-state index is 12.2. The van der Waals surface area contributed by atoms with Crippen molar-refractivity contribution in [2.75, 3.05) is 0 Å². The molecule has 2 fully saturated rings. The molecule has 0 unspecified atom stereocenters. The minimum Gasteiger partial charge on any atom is -0.489 e. The van der Waals surface area contributed by atoms with Crippen LogP contribution in [0.4, 0.5) is 4.79 Å². The molecule has 0 heterocycles. The molecule has 3 N–H and O–H groups in total. The minimum atomic E-state index is -0.544. The average molecular weight is 747 g/mol. The molecule has 2 aliphatic carbocycles. The lowest BCUT2D eigenvalue weighted by molar-refractivity contribution is -0.166. The molecule has 0 aromatic heterocycles. The van der Waals surface area contributed by atoms with Gasteiger partial charge in [0.2, 0.25) is 0 Å². The van der Waals surface area contributed by atoms with E-state index in [1.165, 1.54) is 0 Å². The quantitative estimate of drug-likeness (QED) is 0.312. The number of hydrogen-bond donors (Lipinski definition) is 2. The number of alkyl carbamates (subject to hydrolysis) is 1. The summed E-state index contributed by atoms with van der Waals surface area (Å²) in [6.07, 6.45) is -0.540. The van der Waals surface area contributed by atoms with Crippen molar-refractivity contribution in [1.29, 1.82) is 10.5 Å². The summed E-state index contributed by atoms with van der Waals surface area (Å²) in [4.78, 5) is 12.2. The van der Waals surface area contributed by atoms with Crippen LogP contribution < -0.4 is 20.5 Å². The topological polar surface area (TPSA) is 130 Å². The van der Waals surface area contributed by atoms with E-state index in [1.807, 2.05) is 32.9 Å². The van der Waals surface area contributed by atoms with Gasteiger partial charge in [0.25, 0.3) is 0 Å². The highest BCUT2D eigenvalue weighted by atomic mass is 35.5. The van der Waals surface area contributed by atoms with Gasteiger partial charge in [0.1, 0.15) is 41.4 Å². The summed E-state index contributed by atoms with van der Waals surface area (Å²) < 4.78 is 17.6. The molecule has 48 heavy (non-hydrogen) atoms. The fourth-order valence-corrected chi connectivity index (χ4v) is 7.69. The summed E-state index contributed by atoms with van der Waals surface area (Å²) in [5, 5.41) is 21.6. The molecule has 2 aromatic carbocycles. The second-order valence-electron chi connectivity index (χ2n) is 15.3. The van der Waals surface area contributed by atoms with Crippen LogP contribution in [-0.2, 0) is 4.74 Å². The van der Waals surface area contributed by atoms with E-state index >= 15 is 0 Å². The van der Waals surface area contributed by atoms with Gasteiger partial charge in [-0.15, -0.1) is 24.8 Å². The van der Waals surface area contributed by atoms with E-state index in [2.05, 4.69) is 60.7 Å². The van der Waals surface area contributed by atoms with Crippen molar-refractivity contribution in [3.63, 3.8) is 0 Å². The summed E-state index contributed by atoms with van der Waals surface area (Å²) in [6, 6.07) is 14.2. The monoisotopic (exact) mass is 744 g/mol. The van der Waals surface area contributed by atoms with E-state index in [-0.39, 0.29) is 78.2 Å². The van der Waals surface area contributed by atoms with Gasteiger partial charge in [0, 0.05) is 45.9 Å². The van der Waals surface area contributed by atoms with E-state index < -0.39 is 11.7 Å². The number of rotatable bonds is 5. The fraction of sp³-hybridized carbons (Fsp3) is 0.583. The van der Waals surface area contributed by atoms with Crippen molar-refractivity contribution in [3.8, 4) is 23.6 Å². The lowest BCUT2D eigenvalue weighted by Gasteiger charge is -2.62. The maximum Gasteiger partial charge on any atom is 0.407 e. The lowest BCUT2D eigenvalue weighted by atomic mass is 9.49. The molecule has 2 saturated carbocycles. The Bertz CT molecular complexity index is 1490. The zero-order chi connectivity index (χ0) is 34.3. The number of hydrogen-bond acceptors (Lipinski definition) is 7.